The molecule has 1 saturated heterocycles. The molecule has 0 aromatic heterocycles. The quantitative estimate of drug-likeness (QED) is 0.302. The number of anilines is 1. The number of nitrogens with zero attached hydrogens (tertiary/aromatic N) is 1. The fourth-order valence-electron chi connectivity index (χ4n) is 4.11. The predicted octanol–water partition coefficient (Wildman–Crippen LogP) is 5.72. The molecule has 0 aliphatic carbocycles. The van der Waals surface area contributed by atoms with E-state index >= 15 is 0 Å². The minimum Gasteiger partial charge on any atom is -0.507 e. The van der Waals surface area contributed by atoms with E-state index in [0.717, 1.165) is 17.5 Å². The summed E-state index contributed by atoms with van der Waals surface area (Å²) in [4.78, 5) is 27.9. The van der Waals surface area contributed by atoms with E-state index in [0.29, 0.717) is 29.2 Å². The van der Waals surface area contributed by atoms with Crippen molar-refractivity contribution in [3.8, 4) is 5.75 Å². The maximum atomic E-state index is 13.3. The molecule has 33 heavy (non-hydrogen) atoms. The highest BCUT2D eigenvalue weighted by Crippen LogP contribution is 2.42. The lowest BCUT2D eigenvalue weighted by Crippen LogP contribution is -2.29. The van der Waals surface area contributed by atoms with Crippen LogP contribution in [0.15, 0.2) is 78.4 Å². The number of rotatable bonds is 6. The van der Waals surface area contributed by atoms with E-state index in [-0.39, 0.29) is 11.3 Å². The molecule has 5 heteroatoms. The van der Waals surface area contributed by atoms with Gasteiger partial charge in [-0.1, -0.05) is 55.0 Å². The van der Waals surface area contributed by atoms with Crippen molar-refractivity contribution < 1.29 is 19.4 Å². The zero-order valence-electron chi connectivity index (χ0n) is 19.0. The Morgan fingerprint density at radius 1 is 0.970 bits per heavy atom. The van der Waals surface area contributed by atoms with Crippen molar-refractivity contribution in [2.24, 2.45) is 0 Å². The first-order valence-electron chi connectivity index (χ1n) is 11.1. The predicted molar refractivity (Wildman–Crippen MR) is 129 cm³/mol. The molecule has 0 spiro atoms. The lowest BCUT2D eigenvalue weighted by atomic mass is 9.93. The number of aryl methyl sites for hydroxylation is 2. The summed E-state index contributed by atoms with van der Waals surface area (Å²) in [6, 6.07) is 21.3. The van der Waals surface area contributed by atoms with Crippen molar-refractivity contribution in [2.45, 2.75) is 33.2 Å². The van der Waals surface area contributed by atoms with Crippen LogP contribution < -0.4 is 9.64 Å². The average molecular weight is 442 g/mol. The number of Topliss-reactive ketones (excluding diaryl/α,β-unsaturated/α-hetero) is 1. The Bertz CT molecular complexity index is 1210. The second-order valence-electron chi connectivity index (χ2n) is 8.24. The molecular weight excluding hydrogens is 414 g/mol. The Labute approximate surface area is 193 Å². The highest BCUT2D eigenvalue weighted by atomic mass is 16.5. The van der Waals surface area contributed by atoms with Crippen LogP contribution in [0.1, 0.15) is 41.6 Å². The van der Waals surface area contributed by atoms with Gasteiger partial charge in [0.05, 0.1) is 18.2 Å². The van der Waals surface area contributed by atoms with Crippen molar-refractivity contribution >= 4 is 23.1 Å². The van der Waals surface area contributed by atoms with Gasteiger partial charge in [0.15, 0.2) is 0 Å². The number of carbonyl (C=O) groups is 2. The lowest BCUT2D eigenvalue weighted by Gasteiger charge is -2.25. The summed E-state index contributed by atoms with van der Waals surface area (Å²) in [5.74, 6) is -0.811. The van der Waals surface area contributed by atoms with E-state index in [1.165, 1.54) is 4.90 Å². The van der Waals surface area contributed by atoms with Gasteiger partial charge in [0.1, 0.15) is 11.5 Å². The fourth-order valence-corrected chi connectivity index (χ4v) is 4.11. The standard InChI is InChI=1S/C28H27NO4/c1-4-16-33-22-14-12-20(13-15-22)25-24(26(30)23-17-18(2)10-11-19(23)3)27(31)28(32)29(25)21-8-6-5-7-9-21/h5-15,17,25,30H,4,16H2,1-3H3/b26-24+. The molecule has 1 aliphatic heterocycles. The molecule has 1 unspecified atom stereocenters. The van der Waals surface area contributed by atoms with E-state index < -0.39 is 17.7 Å². The topological polar surface area (TPSA) is 66.8 Å². The van der Waals surface area contributed by atoms with Crippen LogP contribution in [0.3, 0.4) is 0 Å². The van der Waals surface area contributed by atoms with Crippen LogP contribution in [0.25, 0.3) is 5.76 Å². The Morgan fingerprint density at radius 2 is 1.67 bits per heavy atom. The van der Waals surface area contributed by atoms with Gasteiger partial charge in [0.25, 0.3) is 11.7 Å². The van der Waals surface area contributed by atoms with E-state index in [1.807, 2.05) is 81.4 Å². The molecule has 1 amide bonds. The number of benzene rings is 3. The van der Waals surface area contributed by atoms with Gasteiger partial charge in [-0.15, -0.1) is 0 Å². The van der Waals surface area contributed by atoms with E-state index in [2.05, 4.69) is 0 Å². The normalized spacial score (nSPS) is 17.4. The van der Waals surface area contributed by atoms with Gasteiger partial charge in [0, 0.05) is 11.3 Å². The third-order valence-electron chi connectivity index (χ3n) is 5.80. The molecule has 0 radical (unpaired) electrons. The monoisotopic (exact) mass is 441 g/mol. The van der Waals surface area contributed by atoms with Gasteiger partial charge in [-0.3, -0.25) is 14.5 Å². The Balaban J connectivity index is 1.90. The number of hydrogen-bond donors (Lipinski definition) is 1. The maximum absolute atomic E-state index is 13.3. The molecule has 1 atom stereocenters. The van der Waals surface area contributed by atoms with Gasteiger partial charge in [0.2, 0.25) is 0 Å². The first kappa shape index (κ1) is 22.3. The zero-order valence-corrected chi connectivity index (χ0v) is 19.0. The maximum Gasteiger partial charge on any atom is 0.300 e. The zero-order chi connectivity index (χ0) is 23.5. The molecule has 0 bridgehead atoms. The molecular formula is C28H27NO4. The van der Waals surface area contributed by atoms with Crippen molar-refractivity contribution in [1.29, 1.82) is 0 Å². The molecule has 1 N–H and O–H groups in total. The molecule has 1 fully saturated rings. The van der Waals surface area contributed by atoms with Crippen molar-refractivity contribution in [3.63, 3.8) is 0 Å². The number of carbonyl (C=O) groups excluding carboxylic acids is 2. The van der Waals surface area contributed by atoms with Crippen LogP contribution in [0.4, 0.5) is 5.69 Å². The average Bonchev–Trinajstić information content (AvgIpc) is 3.10. The number of ketones is 1. The van der Waals surface area contributed by atoms with Crippen LogP contribution in [0.2, 0.25) is 0 Å². The Kier molecular flexibility index (Phi) is 6.31. The molecule has 5 nitrogen and oxygen atoms in total. The summed E-state index contributed by atoms with van der Waals surface area (Å²) in [5.41, 5.74) is 3.72. The van der Waals surface area contributed by atoms with Gasteiger partial charge in [-0.25, -0.2) is 0 Å². The number of aliphatic hydroxyl groups is 1. The van der Waals surface area contributed by atoms with Crippen LogP contribution in [0, 0.1) is 13.8 Å². The fraction of sp³-hybridized carbons (Fsp3) is 0.214. The Hall–Kier alpha value is -3.86. The first-order valence-corrected chi connectivity index (χ1v) is 11.1. The lowest BCUT2D eigenvalue weighted by molar-refractivity contribution is -0.132. The third kappa shape index (κ3) is 4.27. The highest BCUT2D eigenvalue weighted by molar-refractivity contribution is 6.51. The van der Waals surface area contributed by atoms with Gasteiger partial charge < -0.3 is 9.84 Å². The SMILES string of the molecule is CCCOc1ccc(C2/C(=C(\O)c3cc(C)ccc3C)C(=O)C(=O)N2c2ccccc2)cc1. The van der Waals surface area contributed by atoms with Gasteiger partial charge >= 0.3 is 0 Å². The number of hydrogen-bond acceptors (Lipinski definition) is 4. The summed E-state index contributed by atoms with van der Waals surface area (Å²) < 4.78 is 5.69. The van der Waals surface area contributed by atoms with Crippen LogP contribution in [-0.2, 0) is 9.59 Å². The largest absolute Gasteiger partial charge is 0.507 e. The minimum atomic E-state index is -0.757. The smallest absolute Gasteiger partial charge is 0.300 e. The summed E-state index contributed by atoms with van der Waals surface area (Å²) in [7, 11) is 0. The molecule has 1 aliphatic rings. The molecule has 3 aromatic rings. The van der Waals surface area contributed by atoms with Crippen molar-refractivity contribution in [3.05, 3.63) is 101 Å². The number of aliphatic hydroxyl groups excluding tert-OH is 1. The molecule has 3 aromatic carbocycles. The molecule has 168 valence electrons. The van der Waals surface area contributed by atoms with Crippen molar-refractivity contribution in [2.75, 3.05) is 11.5 Å². The van der Waals surface area contributed by atoms with Gasteiger partial charge in [-0.05, 0) is 61.7 Å². The van der Waals surface area contributed by atoms with Gasteiger partial charge in [-0.2, -0.15) is 0 Å². The Morgan fingerprint density at radius 3 is 2.33 bits per heavy atom. The van der Waals surface area contributed by atoms with Crippen molar-refractivity contribution in [1.82, 2.24) is 0 Å². The number of ether oxygens (including phenoxy) is 1. The summed E-state index contributed by atoms with van der Waals surface area (Å²) in [5, 5.41) is 11.3. The second-order valence-corrected chi connectivity index (χ2v) is 8.24. The van der Waals surface area contributed by atoms with E-state index in [1.54, 1.807) is 12.1 Å². The number of amides is 1. The summed E-state index contributed by atoms with van der Waals surface area (Å²) in [6.07, 6.45) is 0.895. The molecule has 0 saturated carbocycles. The second kappa shape index (κ2) is 9.33. The third-order valence-corrected chi connectivity index (χ3v) is 5.80. The minimum absolute atomic E-state index is 0.0831. The first-order chi connectivity index (χ1) is 15.9. The molecule has 4 rings (SSSR count). The molecule has 1 heterocycles. The highest BCUT2D eigenvalue weighted by Gasteiger charge is 2.47. The van der Waals surface area contributed by atoms with Crippen LogP contribution >= 0.6 is 0 Å². The summed E-state index contributed by atoms with van der Waals surface area (Å²) in [6.45, 7) is 6.44. The van der Waals surface area contributed by atoms with E-state index in [4.69, 9.17) is 4.74 Å². The number of para-hydroxylation sites is 1. The van der Waals surface area contributed by atoms with E-state index in [9.17, 15) is 14.7 Å². The van der Waals surface area contributed by atoms with Crippen LogP contribution in [0.5, 0.6) is 5.75 Å². The van der Waals surface area contributed by atoms with Crippen LogP contribution in [-0.4, -0.2) is 23.4 Å². The summed E-state index contributed by atoms with van der Waals surface area (Å²) >= 11 is 0.